The van der Waals surface area contributed by atoms with Crippen LogP contribution in [0, 0.1) is 5.92 Å². The number of aliphatic carboxylic acids is 1. The maximum Gasteiger partial charge on any atom is 0.303 e. The highest BCUT2D eigenvalue weighted by Gasteiger charge is 2.24. The number of piperidine rings is 1. The third-order valence-electron chi connectivity index (χ3n) is 4.54. The van der Waals surface area contributed by atoms with E-state index in [2.05, 4.69) is 4.98 Å². The molecular formula is C19H22N2O3S. The van der Waals surface area contributed by atoms with Gasteiger partial charge in [-0.25, -0.2) is 4.98 Å². The van der Waals surface area contributed by atoms with Gasteiger partial charge in [0.2, 0.25) is 5.91 Å². The number of nitrogens with zero attached hydrogens (tertiary/aromatic N) is 2. The second-order valence-electron chi connectivity index (χ2n) is 6.47. The Balaban J connectivity index is 1.57. The molecule has 0 radical (unpaired) electrons. The number of aromatic nitrogens is 1. The van der Waals surface area contributed by atoms with Gasteiger partial charge in [0.05, 0.1) is 12.1 Å². The van der Waals surface area contributed by atoms with E-state index in [9.17, 15) is 9.59 Å². The number of carboxylic acids is 1. The van der Waals surface area contributed by atoms with Gasteiger partial charge < -0.3 is 10.0 Å². The summed E-state index contributed by atoms with van der Waals surface area (Å²) < 4.78 is 0. The van der Waals surface area contributed by atoms with E-state index >= 15 is 0 Å². The van der Waals surface area contributed by atoms with Crippen molar-refractivity contribution in [2.75, 3.05) is 13.1 Å². The van der Waals surface area contributed by atoms with Gasteiger partial charge in [-0.15, -0.1) is 11.3 Å². The van der Waals surface area contributed by atoms with Crippen LogP contribution in [0.25, 0.3) is 10.6 Å². The Labute approximate surface area is 151 Å². The fourth-order valence-corrected chi connectivity index (χ4v) is 4.05. The van der Waals surface area contributed by atoms with E-state index in [1.807, 2.05) is 40.6 Å². The molecule has 0 saturated carbocycles. The number of thiazole rings is 1. The van der Waals surface area contributed by atoms with Gasteiger partial charge in [0.25, 0.3) is 0 Å². The molecule has 1 atom stereocenters. The van der Waals surface area contributed by atoms with Gasteiger partial charge in [0, 0.05) is 30.5 Å². The monoisotopic (exact) mass is 358 g/mol. The molecule has 25 heavy (non-hydrogen) atoms. The zero-order valence-corrected chi connectivity index (χ0v) is 14.9. The van der Waals surface area contributed by atoms with Crippen molar-refractivity contribution in [3.8, 4) is 10.6 Å². The predicted octanol–water partition coefficient (Wildman–Crippen LogP) is 3.46. The molecule has 1 fully saturated rings. The normalized spacial score (nSPS) is 17.4. The van der Waals surface area contributed by atoms with Crippen LogP contribution < -0.4 is 0 Å². The van der Waals surface area contributed by atoms with Crippen LogP contribution in [0.2, 0.25) is 0 Å². The summed E-state index contributed by atoms with van der Waals surface area (Å²) >= 11 is 1.56. The third-order valence-corrected chi connectivity index (χ3v) is 5.48. The fourth-order valence-electron chi connectivity index (χ4n) is 3.22. The quantitative estimate of drug-likeness (QED) is 0.858. The highest BCUT2D eigenvalue weighted by molar-refractivity contribution is 7.13. The van der Waals surface area contributed by atoms with E-state index in [0.717, 1.165) is 35.7 Å². The van der Waals surface area contributed by atoms with E-state index in [1.165, 1.54) is 0 Å². The van der Waals surface area contributed by atoms with Crippen LogP contribution in [0.1, 0.15) is 31.4 Å². The standard InChI is InChI=1S/C19H22N2O3S/c22-17(21-10-4-5-14(12-21)8-9-18(23)24)11-16-13-25-19(20-16)15-6-2-1-3-7-15/h1-3,6-7,13-14H,4-5,8-12H2,(H,23,24). The number of hydrogen-bond donors (Lipinski definition) is 1. The van der Waals surface area contributed by atoms with Crippen molar-refractivity contribution in [2.45, 2.75) is 32.1 Å². The van der Waals surface area contributed by atoms with E-state index in [1.54, 1.807) is 11.3 Å². The first kappa shape index (κ1) is 17.6. The molecule has 0 spiro atoms. The number of amides is 1. The zero-order chi connectivity index (χ0) is 17.6. The van der Waals surface area contributed by atoms with Crippen molar-refractivity contribution in [1.82, 2.24) is 9.88 Å². The molecule has 1 amide bonds. The van der Waals surface area contributed by atoms with Gasteiger partial charge in [0.1, 0.15) is 5.01 Å². The Morgan fingerprint density at radius 3 is 2.84 bits per heavy atom. The van der Waals surface area contributed by atoms with Crippen molar-refractivity contribution in [1.29, 1.82) is 0 Å². The minimum absolute atomic E-state index is 0.0879. The average molecular weight is 358 g/mol. The molecule has 3 rings (SSSR count). The van der Waals surface area contributed by atoms with Crippen LogP contribution in [-0.4, -0.2) is 40.0 Å². The number of benzene rings is 1. The summed E-state index contributed by atoms with van der Waals surface area (Å²) in [5, 5.41) is 11.7. The molecule has 2 heterocycles. The summed E-state index contributed by atoms with van der Waals surface area (Å²) in [6.07, 6.45) is 3.09. The Hall–Kier alpha value is -2.21. The molecule has 132 valence electrons. The van der Waals surface area contributed by atoms with Gasteiger partial charge in [-0.1, -0.05) is 30.3 Å². The second-order valence-corrected chi connectivity index (χ2v) is 7.33. The average Bonchev–Trinajstić information content (AvgIpc) is 3.09. The number of likely N-dealkylation sites (tertiary alicyclic amines) is 1. The number of carbonyl (C=O) groups is 2. The number of rotatable bonds is 6. The molecule has 6 heteroatoms. The molecule has 0 aliphatic carbocycles. The molecule has 1 saturated heterocycles. The molecule has 0 bridgehead atoms. The number of hydrogen-bond acceptors (Lipinski definition) is 4. The third kappa shape index (κ3) is 4.89. The van der Waals surface area contributed by atoms with Crippen LogP contribution in [0.5, 0.6) is 0 Å². The highest BCUT2D eigenvalue weighted by Crippen LogP contribution is 2.25. The van der Waals surface area contributed by atoms with Crippen LogP contribution in [0.3, 0.4) is 0 Å². The van der Waals surface area contributed by atoms with Crippen molar-refractivity contribution in [3.63, 3.8) is 0 Å². The van der Waals surface area contributed by atoms with Gasteiger partial charge in [-0.2, -0.15) is 0 Å². The fraction of sp³-hybridized carbons (Fsp3) is 0.421. The summed E-state index contributed by atoms with van der Waals surface area (Å²) in [5.74, 6) is -0.381. The van der Waals surface area contributed by atoms with E-state index in [-0.39, 0.29) is 12.3 Å². The van der Waals surface area contributed by atoms with Crippen molar-refractivity contribution in [3.05, 3.63) is 41.4 Å². The van der Waals surface area contributed by atoms with E-state index in [0.29, 0.717) is 25.3 Å². The molecule has 1 aromatic carbocycles. The first-order valence-electron chi connectivity index (χ1n) is 8.61. The van der Waals surface area contributed by atoms with Gasteiger partial charge in [0.15, 0.2) is 0 Å². The maximum atomic E-state index is 12.6. The lowest BCUT2D eigenvalue weighted by Crippen LogP contribution is -2.40. The molecular weight excluding hydrogens is 336 g/mol. The summed E-state index contributed by atoms with van der Waals surface area (Å²) in [6.45, 7) is 1.43. The summed E-state index contributed by atoms with van der Waals surface area (Å²) in [4.78, 5) is 29.8. The van der Waals surface area contributed by atoms with Gasteiger partial charge in [-0.3, -0.25) is 9.59 Å². The van der Waals surface area contributed by atoms with Gasteiger partial charge in [-0.05, 0) is 25.2 Å². The molecule has 2 aromatic rings. The molecule has 1 N–H and O–H groups in total. The molecule has 1 aromatic heterocycles. The zero-order valence-electron chi connectivity index (χ0n) is 14.1. The first-order valence-corrected chi connectivity index (χ1v) is 9.49. The SMILES string of the molecule is O=C(O)CCC1CCCN(C(=O)Cc2csc(-c3ccccc3)n2)C1. The second kappa shape index (κ2) is 8.25. The smallest absolute Gasteiger partial charge is 0.303 e. The predicted molar refractivity (Wildman–Crippen MR) is 97.4 cm³/mol. The van der Waals surface area contributed by atoms with Gasteiger partial charge >= 0.3 is 5.97 Å². The summed E-state index contributed by atoms with van der Waals surface area (Å²) in [6, 6.07) is 9.96. The van der Waals surface area contributed by atoms with Crippen molar-refractivity contribution < 1.29 is 14.7 Å². The minimum atomic E-state index is -0.764. The number of carbonyl (C=O) groups excluding carboxylic acids is 1. The summed E-state index contributed by atoms with van der Waals surface area (Å²) in [5.41, 5.74) is 1.87. The molecule has 1 aliphatic heterocycles. The van der Waals surface area contributed by atoms with Crippen LogP contribution in [-0.2, 0) is 16.0 Å². The Bertz CT molecular complexity index is 729. The molecule has 1 unspecified atom stereocenters. The van der Waals surface area contributed by atoms with Crippen molar-refractivity contribution >= 4 is 23.2 Å². The van der Waals surface area contributed by atoms with E-state index < -0.39 is 5.97 Å². The van der Waals surface area contributed by atoms with Crippen LogP contribution in [0.4, 0.5) is 0 Å². The lowest BCUT2D eigenvalue weighted by atomic mass is 9.93. The van der Waals surface area contributed by atoms with E-state index in [4.69, 9.17) is 5.11 Å². The van der Waals surface area contributed by atoms with Crippen LogP contribution >= 0.6 is 11.3 Å². The minimum Gasteiger partial charge on any atom is -0.481 e. The molecule has 5 nitrogen and oxygen atoms in total. The topological polar surface area (TPSA) is 70.5 Å². The molecule has 1 aliphatic rings. The Morgan fingerprint density at radius 2 is 2.08 bits per heavy atom. The Kier molecular flexibility index (Phi) is 5.81. The van der Waals surface area contributed by atoms with Crippen LogP contribution in [0.15, 0.2) is 35.7 Å². The lowest BCUT2D eigenvalue weighted by Gasteiger charge is -2.32. The summed E-state index contributed by atoms with van der Waals surface area (Å²) in [7, 11) is 0. The first-order chi connectivity index (χ1) is 12.1. The largest absolute Gasteiger partial charge is 0.481 e. The highest BCUT2D eigenvalue weighted by atomic mass is 32.1. The Morgan fingerprint density at radius 1 is 1.28 bits per heavy atom. The lowest BCUT2D eigenvalue weighted by molar-refractivity contribution is -0.137. The van der Waals surface area contributed by atoms with Crippen molar-refractivity contribution in [2.24, 2.45) is 5.92 Å². The maximum absolute atomic E-state index is 12.6. The number of carboxylic acid groups (broad SMARTS) is 1.